The number of benzene rings is 1. The molecule has 1 saturated heterocycles. The van der Waals surface area contributed by atoms with Gasteiger partial charge < -0.3 is 0 Å². The molecule has 1 atom stereocenters. The van der Waals surface area contributed by atoms with E-state index in [-0.39, 0.29) is 20.0 Å². The van der Waals surface area contributed by atoms with E-state index < -0.39 is 0 Å². The van der Waals surface area contributed by atoms with Crippen molar-refractivity contribution >= 4 is 25.5 Å². The van der Waals surface area contributed by atoms with Crippen LogP contribution in [-0.2, 0) is 4.74 Å². The normalized spacial score (nSPS) is 23.0. The van der Waals surface area contributed by atoms with Crippen LogP contribution in [-0.4, -0.2) is 80.8 Å². The molecule has 1 fully saturated rings. The van der Waals surface area contributed by atoms with Gasteiger partial charge >= 0.3 is 131 Å². The van der Waals surface area contributed by atoms with E-state index in [1.54, 1.807) is 0 Å². The molecule has 2 aliphatic rings. The van der Waals surface area contributed by atoms with Gasteiger partial charge in [0.1, 0.15) is 0 Å². The number of nitrogens with zero attached hydrogens (tertiary/aromatic N) is 4. The predicted molar refractivity (Wildman–Crippen MR) is 86.0 cm³/mol. The molecule has 112 valence electrons. The van der Waals surface area contributed by atoms with E-state index in [0.717, 1.165) is 32.3 Å². The molecule has 1 unspecified atom stereocenters. The SMILES string of the molecule is CN(C)C1N=C(N2CCOCC2)N=C(c2ccccc2)[Se]1. The van der Waals surface area contributed by atoms with Gasteiger partial charge in [0, 0.05) is 0 Å². The molecule has 5 nitrogen and oxygen atoms in total. The number of guanidine groups is 1. The summed E-state index contributed by atoms with van der Waals surface area (Å²) in [7, 11) is 4.17. The summed E-state index contributed by atoms with van der Waals surface area (Å²) in [6.07, 6.45) is 0. The van der Waals surface area contributed by atoms with Gasteiger partial charge in [-0.05, 0) is 0 Å². The van der Waals surface area contributed by atoms with Gasteiger partial charge in [-0.3, -0.25) is 0 Å². The fourth-order valence-corrected chi connectivity index (χ4v) is 4.24. The molecular formula is C15H20N4OSe. The summed E-state index contributed by atoms with van der Waals surface area (Å²) in [4.78, 5) is 14.1. The Labute approximate surface area is 131 Å². The van der Waals surface area contributed by atoms with Gasteiger partial charge in [-0.1, -0.05) is 0 Å². The molecule has 0 aliphatic carbocycles. The van der Waals surface area contributed by atoms with Crippen LogP contribution in [0.15, 0.2) is 40.3 Å². The van der Waals surface area contributed by atoms with Gasteiger partial charge in [-0.15, -0.1) is 0 Å². The summed E-state index contributed by atoms with van der Waals surface area (Å²) >= 11 is 0.223. The van der Waals surface area contributed by atoms with Gasteiger partial charge in [-0.2, -0.15) is 0 Å². The third kappa shape index (κ3) is 3.52. The van der Waals surface area contributed by atoms with Crippen molar-refractivity contribution in [2.24, 2.45) is 9.98 Å². The molecule has 0 radical (unpaired) electrons. The number of hydrogen-bond donors (Lipinski definition) is 0. The first-order chi connectivity index (χ1) is 10.2. The van der Waals surface area contributed by atoms with Crippen molar-refractivity contribution in [3.8, 4) is 0 Å². The van der Waals surface area contributed by atoms with Crippen molar-refractivity contribution in [1.82, 2.24) is 9.80 Å². The molecule has 3 rings (SSSR count). The third-order valence-corrected chi connectivity index (χ3v) is 6.10. The first kappa shape index (κ1) is 14.7. The second kappa shape index (κ2) is 6.71. The van der Waals surface area contributed by atoms with Crippen LogP contribution in [0.2, 0.25) is 0 Å². The molecule has 0 amide bonds. The van der Waals surface area contributed by atoms with E-state index >= 15 is 0 Å². The van der Waals surface area contributed by atoms with Crippen molar-refractivity contribution in [2.45, 2.75) is 5.06 Å². The van der Waals surface area contributed by atoms with Gasteiger partial charge in [0.25, 0.3) is 0 Å². The zero-order valence-corrected chi connectivity index (χ0v) is 14.1. The van der Waals surface area contributed by atoms with Crippen LogP contribution in [0.25, 0.3) is 0 Å². The Hall–Kier alpha value is -1.20. The second-order valence-electron chi connectivity index (χ2n) is 5.22. The standard InChI is InChI=1S/C15H20N4OSe/c1-18(2)15-17-14(19-8-10-20-11-9-19)16-13(21-15)12-6-4-3-5-7-12/h3-7,15H,8-11H2,1-2H3. The molecule has 2 heterocycles. The molecule has 1 aromatic rings. The van der Waals surface area contributed by atoms with E-state index in [0.29, 0.717) is 0 Å². The van der Waals surface area contributed by atoms with Crippen LogP contribution in [0.1, 0.15) is 5.56 Å². The third-order valence-electron chi connectivity index (χ3n) is 3.40. The van der Waals surface area contributed by atoms with Crippen molar-refractivity contribution in [3.63, 3.8) is 0 Å². The Morgan fingerprint density at radius 3 is 2.57 bits per heavy atom. The van der Waals surface area contributed by atoms with E-state index in [4.69, 9.17) is 14.7 Å². The van der Waals surface area contributed by atoms with Crippen molar-refractivity contribution in [1.29, 1.82) is 0 Å². The molecule has 0 bridgehead atoms. The zero-order valence-electron chi connectivity index (χ0n) is 12.4. The Bertz CT molecular complexity index is 538. The Morgan fingerprint density at radius 1 is 1.19 bits per heavy atom. The average molecular weight is 351 g/mol. The fraction of sp³-hybridized carbons (Fsp3) is 0.467. The number of ether oxygens (including phenoxy) is 1. The summed E-state index contributed by atoms with van der Waals surface area (Å²) in [5.74, 6) is 0.865. The van der Waals surface area contributed by atoms with Crippen LogP contribution < -0.4 is 0 Å². The molecule has 0 spiro atoms. The fourth-order valence-electron chi connectivity index (χ4n) is 2.22. The van der Waals surface area contributed by atoms with Crippen molar-refractivity contribution in [3.05, 3.63) is 35.9 Å². The van der Waals surface area contributed by atoms with Crippen LogP contribution >= 0.6 is 0 Å². The van der Waals surface area contributed by atoms with Gasteiger partial charge in [0.2, 0.25) is 0 Å². The summed E-state index contributed by atoms with van der Waals surface area (Å²) in [6.45, 7) is 3.26. The molecule has 0 aromatic heterocycles. The van der Waals surface area contributed by atoms with Crippen LogP contribution in [0.4, 0.5) is 0 Å². The molecule has 6 heteroatoms. The van der Waals surface area contributed by atoms with E-state index in [9.17, 15) is 0 Å². The van der Waals surface area contributed by atoms with Crippen molar-refractivity contribution < 1.29 is 4.74 Å². The maximum atomic E-state index is 5.42. The summed E-state index contributed by atoms with van der Waals surface area (Å²) in [5, 5.41) is 0.211. The van der Waals surface area contributed by atoms with Crippen LogP contribution in [0.3, 0.4) is 0 Å². The minimum absolute atomic E-state index is 0.211. The molecule has 2 aliphatic heterocycles. The van der Waals surface area contributed by atoms with Crippen molar-refractivity contribution in [2.75, 3.05) is 40.4 Å². The van der Waals surface area contributed by atoms with Crippen LogP contribution in [0, 0.1) is 0 Å². The molecule has 0 N–H and O–H groups in total. The van der Waals surface area contributed by atoms with Gasteiger partial charge in [0.05, 0.1) is 0 Å². The van der Waals surface area contributed by atoms with E-state index in [2.05, 4.69) is 48.2 Å². The zero-order chi connectivity index (χ0) is 14.7. The second-order valence-corrected chi connectivity index (χ2v) is 7.41. The Morgan fingerprint density at radius 2 is 1.90 bits per heavy atom. The number of morpholine rings is 1. The Balaban J connectivity index is 1.89. The number of hydrogen-bond acceptors (Lipinski definition) is 5. The topological polar surface area (TPSA) is 40.4 Å². The van der Waals surface area contributed by atoms with E-state index in [1.165, 1.54) is 10.2 Å². The van der Waals surface area contributed by atoms with Gasteiger partial charge in [0.15, 0.2) is 0 Å². The monoisotopic (exact) mass is 352 g/mol. The minimum atomic E-state index is 0.211. The average Bonchev–Trinajstić information content (AvgIpc) is 2.56. The first-order valence-corrected chi connectivity index (χ1v) is 8.96. The summed E-state index contributed by atoms with van der Waals surface area (Å²) in [5.41, 5.74) is 1.21. The summed E-state index contributed by atoms with van der Waals surface area (Å²) in [6, 6.07) is 10.4. The number of aliphatic imine (C=N–C) groups is 2. The maximum absolute atomic E-state index is 5.42. The first-order valence-electron chi connectivity index (χ1n) is 7.12. The molecule has 21 heavy (non-hydrogen) atoms. The quantitative estimate of drug-likeness (QED) is 0.736. The molecular weight excluding hydrogens is 331 g/mol. The van der Waals surface area contributed by atoms with Crippen LogP contribution in [0.5, 0.6) is 0 Å². The summed E-state index contributed by atoms with van der Waals surface area (Å²) < 4.78 is 6.60. The van der Waals surface area contributed by atoms with Gasteiger partial charge in [-0.25, -0.2) is 0 Å². The Kier molecular flexibility index (Phi) is 4.70. The number of rotatable bonds is 2. The molecule has 1 aromatic carbocycles. The predicted octanol–water partition coefficient (Wildman–Crippen LogP) is 0.684. The van der Waals surface area contributed by atoms with E-state index in [1.807, 2.05) is 6.07 Å². The molecule has 0 saturated carbocycles.